The molecule has 5 N–H and O–H groups in total. The van der Waals surface area contributed by atoms with Gasteiger partial charge in [-0.1, -0.05) is 30.7 Å². The lowest BCUT2D eigenvalue weighted by atomic mass is 9.93. The van der Waals surface area contributed by atoms with Gasteiger partial charge in [0, 0.05) is 94.8 Å². The fourth-order valence-corrected chi connectivity index (χ4v) is 6.71. The van der Waals surface area contributed by atoms with Crippen molar-refractivity contribution in [1.82, 2.24) is 30.2 Å². The molecule has 0 unspecified atom stereocenters. The highest BCUT2D eigenvalue weighted by atomic mass is 16.3. The second-order valence-corrected chi connectivity index (χ2v) is 13.8. The SMILES string of the molecule is CN1CCN(CCCNC(=O)CCC/C=C/c2c(CCCCCC(=O)NCCCN3CCN(C)CC3)c(O)c3cccc(O)c3c2O)CC1. The highest BCUT2D eigenvalue weighted by Gasteiger charge is 2.20. The number of unbranched alkanes of at least 4 members (excludes halogenated alkanes) is 3. The van der Waals surface area contributed by atoms with Crippen LogP contribution in [0.1, 0.15) is 68.9 Å². The minimum Gasteiger partial charge on any atom is -0.507 e. The Bertz CT molecular complexity index is 1370. The monoisotopic (exact) mass is 680 g/mol. The van der Waals surface area contributed by atoms with E-state index >= 15 is 0 Å². The number of hydrogen-bond acceptors (Lipinski definition) is 9. The van der Waals surface area contributed by atoms with Gasteiger partial charge in [-0.15, -0.1) is 0 Å². The van der Waals surface area contributed by atoms with Crippen LogP contribution in [0.3, 0.4) is 0 Å². The van der Waals surface area contributed by atoms with Crippen LogP contribution in [-0.2, 0) is 16.0 Å². The summed E-state index contributed by atoms with van der Waals surface area (Å²) in [6.45, 7) is 12.1. The van der Waals surface area contributed by atoms with Gasteiger partial charge in [-0.3, -0.25) is 9.59 Å². The molecule has 11 nitrogen and oxygen atoms in total. The van der Waals surface area contributed by atoms with Crippen molar-refractivity contribution in [2.75, 3.05) is 92.6 Å². The highest BCUT2D eigenvalue weighted by Crippen LogP contribution is 2.44. The number of hydrogen-bond donors (Lipinski definition) is 5. The summed E-state index contributed by atoms with van der Waals surface area (Å²) in [6.07, 6.45) is 10.6. The molecule has 0 spiro atoms. The Morgan fingerprint density at radius 1 is 0.714 bits per heavy atom. The zero-order chi connectivity index (χ0) is 35.0. The standard InChI is InChI=1S/C38H60N6O5/c1-41-22-26-43(27-23-41)20-10-18-39-34(46)16-7-3-5-12-30-31(38(49)36-32(37(30)48)14-9-15-33(36)45)13-6-4-8-17-35(47)40-19-11-21-44-28-24-42(2)25-29-44/h6,9,13-15,45,48-49H,3-5,7-8,10-12,16-29H2,1-2H3,(H,39,46)(H,40,47)/b13-6+. The molecule has 0 saturated carbocycles. The molecule has 2 aliphatic heterocycles. The number of carbonyl (C=O) groups is 2. The van der Waals surface area contributed by atoms with Gasteiger partial charge < -0.3 is 45.6 Å². The Morgan fingerprint density at radius 3 is 1.88 bits per heavy atom. The van der Waals surface area contributed by atoms with Crippen molar-refractivity contribution in [3.8, 4) is 17.2 Å². The van der Waals surface area contributed by atoms with E-state index in [2.05, 4.69) is 44.3 Å². The molecule has 0 bridgehead atoms. The third kappa shape index (κ3) is 12.5. The van der Waals surface area contributed by atoms with Crippen LogP contribution in [0.2, 0.25) is 0 Å². The topological polar surface area (TPSA) is 132 Å². The van der Waals surface area contributed by atoms with E-state index in [1.54, 1.807) is 18.2 Å². The van der Waals surface area contributed by atoms with Crippen LogP contribution < -0.4 is 10.6 Å². The number of carbonyl (C=O) groups excluding carboxylic acids is 2. The minimum atomic E-state index is -0.0923. The fourth-order valence-electron chi connectivity index (χ4n) is 6.71. The molecular weight excluding hydrogens is 620 g/mol. The number of amides is 2. The van der Waals surface area contributed by atoms with E-state index in [-0.39, 0.29) is 34.4 Å². The van der Waals surface area contributed by atoms with E-state index in [4.69, 9.17) is 0 Å². The van der Waals surface area contributed by atoms with Gasteiger partial charge in [-0.2, -0.15) is 0 Å². The summed E-state index contributed by atoms with van der Waals surface area (Å²) in [5.41, 5.74) is 1.11. The van der Waals surface area contributed by atoms with Gasteiger partial charge in [-0.05, 0) is 78.2 Å². The number of phenolic OH excluding ortho intramolecular Hbond substituents is 3. The molecule has 0 atom stereocenters. The van der Waals surface area contributed by atoms with Gasteiger partial charge in [0.15, 0.2) is 0 Å². The van der Waals surface area contributed by atoms with Gasteiger partial charge in [-0.25, -0.2) is 0 Å². The summed E-state index contributed by atoms with van der Waals surface area (Å²) >= 11 is 0. The smallest absolute Gasteiger partial charge is 0.220 e. The van der Waals surface area contributed by atoms with Crippen LogP contribution >= 0.6 is 0 Å². The Kier molecular flexibility index (Phi) is 15.9. The molecule has 2 amide bonds. The van der Waals surface area contributed by atoms with Crippen molar-refractivity contribution in [3.05, 3.63) is 35.4 Å². The van der Waals surface area contributed by atoms with Crippen molar-refractivity contribution < 1.29 is 24.9 Å². The number of nitrogens with zero attached hydrogens (tertiary/aromatic N) is 4. The maximum atomic E-state index is 12.4. The average molecular weight is 681 g/mol. The van der Waals surface area contributed by atoms with Crippen LogP contribution in [0, 0.1) is 0 Å². The van der Waals surface area contributed by atoms with Crippen LogP contribution in [0.15, 0.2) is 24.3 Å². The number of aromatic hydroxyl groups is 3. The quantitative estimate of drug-likeness (QED) is 0.111. The summed E-state index contributed by atoms with van der Waals surface area (Å²) in [4.78, 5) is 34.3. The first-order chi connectivity index (χ1) is 23.7. The number of fused-ring (bicyclic) bond motifs is 1. The van der Waals surface area contributed by atoms with Gasteiger partial charge in [0.2, 0.25) is 11.8 Å². The van der Waals surface area contributed by atoms with Crippen LogP contribution in [0.5, 0.6) is 17.2 Å². The summed E-state index contributed by atoms with van der Waals surface area (Å²) in [5.74, 6) is 0.0138. The molecular formula is C38H60N6O5. The van der Waals surface area contributed by atoms with Gasteiger partial charge in [0.1, 0.15) is 17.2 Å². The second-order valence-electron chi connectivity index (χ2n) is 13.8. The Hall–Kier alpha value is -3.38. The minimum absolute atomic E-state index is 0.0444. The van der Waals surface area contributed by atoms with E-state index in [1.165, 1.54) is 6.07 Å². The van der Waals surface area contributed by atoms with E-state index in [9.17, 15) is 24.9 Å². The molecule has 49 heavy (non-hydrogen) atoms. The third-order valence-electron chi connectivity index (χ3n) is 9.93. The molecule has 2 heterocycles. The lowest BCUT2D eigenvalue weighted by Crippen LogP contribution is -2.45. The molecule has 2 fully saturated rings. The maximum absolute atomic E-state index is 12.4. The first-order valence-corrected chi connectivity index (χ1v) is 18.4. The van der Waals surface area contributed by atoms with Gasteiger partial charge >= 0.3 is 0 Å². The predicted octanol–water partition coefficient (Wildman–Crippen LogP) is 3.75. The maximum Gasteiger partial charge on any atom is 0.220 e. The molecule has 2 aromatic rings. The average Bonchev–Trinajstić information content (AvgIpc) is 3.09. The van der Waals surface area contributed by atoms with Crippen molar-refractivity contribution in [1.29, 1.82) is 0 Å². The van der Waals surface area contributed by atoms with E-state index in [0.717, 1.165) is 97.6 Å². The van der Waals surface area contributed by atoms with Crippen molar-refractivity contribution >= 4 is 28.7 Å². The van der Waals surface area contributed by atoms with Gasteiger partial charge in [0.25, 0.3) is 0 Å². The summed E-state index contributed by atoms with van der Waals surface area (Å²) in [7, 11) is 4.30. The van der Waals surface area contributed by atoms with Crippen molar-refractivity contribution in [2.24, 2.45) is 0 Å². The van der Waals surface area contributed by atoms with Gasteiger partial charge in [0.05, 0.1) is 5.39 Å². The molecule has 0 radical (unpaired) electrons. The van der Waals surface area contributed by atoms with Crippen LogP contribution in [0.4, 0.5) is 0 Å². The first kappa shape index (κ1) is 38.4. The summed E-state index contributed by atoms with van der Waals surface area (Å²) in [6, 6.07) is 4.84. The zero-order valence-corrected chi connectivity index (χ0v) is 29.9. The highest BCUT2D eigenvalue weighted by molar-refractivity contribution is 6.01. The summed E-state index contributed by atoms with van der Waals surface area (Å²) < 4.78 is 0. The number of piperazine rings is 2. The number of rotatable bonds is 19. The molecule has 272 valence electrons. The molecule has 2 aliphatic rings. The number of nitrogens with one attached hydrogen (secondary N) is 2. The third-order valence-corrected chi connectivity index (χ3v) is 9.93. The molecule has 11 heteroatoms. The molecule has 0 aromatic heterocycles. The number of benzene rings is 2. The lowest BCUT2D eigenvalue weighted by molar-refractivity contribution is -0.122. The Balaban J connectivity index is 1.19. The van der Waals surface area contributed by atoms with Crippen molar-refractivity contribution in [2.45, 2.75) is 64.2 Å². The number of allylic oxidation sites excluding steroid dienone is 1. The first-order valence-electron chi connectivity index (χ1n) is 18.4. The molecule has 2 aromatic carbocycles. The number of phenols is 3. The molecule has 0 aliphatic carbocycles. The Labute approximate surface area is 292 Å². The molecule has 4 rings (SSSR count). The number of likely N-dealkylation sites (N-methyl/N-ethyl adjacent to an activating group) is 2. The fraction of sp³-hybridized carbons (Fsp3) is 0.632. The Morgan fingerprint density at radius 2 is 1.29 bits per heavy atom. The second kappa shape index (κ2) is 20.3. The van der Waals surface area contributed by atoms with E-state index in [0.29, 0.717) is 61.7 Å². The lowest BCUT2D eigenvalue weighted by Gasteiger charge is -2.32. The molecule has 2 saturated heterocycles. The van der Waals surface area contributed by atoms with Crippen LogP contribution in [0.25, 0.3) is 16.8 Å². The zero-order valence-electron chi connectivity index (χ0n) is 29.9. The van der Waals surface area contributed by atoms with Crippen molar-refractivity contribution in [3.63, 3.8) is 0 Å². The van der Waals surface area contributed by atoms with Crippen LogP contribution in [-0.4, -0.2) is 139 Å². The van der Waals surface area contributed by atoms with E-state index in [1.807, 2.05) is 6.08 Å². The normalized spacial score (nSPS) is 16.9. The largest absolute Gasteiger partial charge is 0.507 e. The summed E-state index contributed by atoms with van der Waals surface area (Å²) in [5, 5.41) is 39.7. The predicted molar refractivity (Wildman–Crippen MR) is 197 cm³/mol. The van der Waals surface area contributed by atoms with E-state index < -0.39 is 0 Å².